The summed E-state index contributed by atoms with van der Waals surface area (Å²) >= 11 is 3.32. The van der Waals surface area contributed by atoms with Crippen LogP contribution in [0, 0.1) is 5.82 Å². The summed E-state index contributed by atoms with van der Waals surface area (Å²) in [6, 6.07) is 11.2. The molecule has 0 radical (unpaired) electrons. The van der Waals surface area contributed by atoms with Crippen LogP contribution >= 0.6 is 15.9 Å². The summed E-state index contributed by atoms with van der Waals surface area (Å²) in [7, 11) is 0. The van der Waals surface area contributed by atoms with E-state index in [1.807, 2.05) is 24.3 Å². The van der Waals surface area contributed by atoms with Gasteiger partial charge >= 0.3 is 6.18 Å². The Hall–Kier alpha value is -2.75. The first-order valence-electron chi connectivity index (χ1n) is 8.49. The number of rotatable bonds is 5. The zero-order valence-corrected chi connectivity index (χ0v) is 16.6. The molecule has 3 aromatic rings. The van der Waals surface area contributed by atoms with Gasteiger partial charge in [-0.05, 0) is 55.3 Å². The fourth-order valence-corrected chi connectivity index (χ4v) is 3.03. The average molecular weight is 471 g/mol. The molecule has 152 valence electrons. The van der Waals surface area contributed by atoms with Crippen molar-refractivity contribution >= 4 is 21.8 Å². The molecule has 10 heteroatoms. The number of carbonyl (C=O) groups is 1. The Morgan fingerprint density at radius 2 is 1.76 bits per heavy atom. The molecule has 0 aliphatic heterocycles. The first-order chi connectivity index (χ1) is 13.6. The minimum Gasteiger partial charge on any atom is -0.348 e. The molecule has 29 heavy (non-hydrogen) atoms. The number of nitrogens with zero attached hydrogens (tertiary/aromatic N) is 3. The Kier molecular flexibility index (Phi) is 6.02. The molecule has 1 aromatic heterocycles. The fourth-order valence-electron chi connectivity index (χ4n) is 2.77. The predicted molar refractivity (Wildman–Crippen MR) is 101 cm³/mol. The van der Waals surface area contributed by atoms with E-state index in [-0.39, 0.29) is 5.69 Å². The minimum atomic E-state index is -4.89. The second kappa shape index (κ2) is 8.32. The Balaban J connectivity index is 1.84. The van der Waals surface area contributed by atoms with Gasteiger partial charge in [-0.25, -0.2) is 9.07 Å². The van der Waals surface area contributed by atoms with Crippen LogP contribution in [-0.2, 0) is 12.6 Å². The molecule has 1 unspecified atom stereocenters. The molecule has 1 heterocycles. The monoisotopic (exact) mass is 470 g/mol. The third-order valence-electron chi connectivity index (χ3n) is 4.06. The standard InChI is InChI=1S/C19H15BrF4N4O/c1-11(10-12-2-4-13(20)5-3-12)25-18(29)16-17(19(22,23)24)28(27-26-16)15-8-6-14(21)7-9-15/h2-9,11H,10H2,1H3,(H,25,29). The number of hydrogen-bond donors (Lipinski definition) is 1. The fraction of sp³-hybridized carbons (Fsp3) is 0.211. The van der Waals surface area contributed by atoms with E-state index < -0.39 is 35.3 Å². The molecule has 2 aromatic carbocycles. The SMILES string of the molecule is CC(Cc1ccc(Br)cc1)NC(=O)c1nnn(-c2ccc(F)cc2)c1C(F)(F)F. The molecule has 0 aliphatic carbocycles. The molecule has 1 N–H and O–H groups in total. The lowest BCUT2D eigenvalue weighted by atomic mass is 10.1. The van der Waals surface area contributed by atoms with E-state index in [2.05, 4.69) is 31.6 Å². The second-order valence-electron chi connectivity index (χ2n) is 6.38. The maximum absolute atomic E-state index is 13.6. The molecule has 5 nitrogen and oxygen atoms in total. The van der Waals surface area contributed by atoms with Crippen molar-refractivity contribution in [3.05, 3.63) is 75.8 Å². The van der Waals surface area contributed by atoms with Gasteiger partial charge in [0.15, 0.2) is 11.4 Å². The maximum Gasteiger partial charge on any atom is 0.435 e. The molecule has 3 rings (SSSR count). The van der Waals surface area contributed by atoms with E-state index in [1.54, 1.807) is 6.92 Å². The lowest BCUT2D eigenvalue weighted by Crippen LogP contribution is -2.35. The third-order valence-corrected chi connectivity index (χ3v) is 4.59. The Morgan fingerprint density at radius 1 is 1.14 bits per heavy atom. The number of carbonyl (C=O) groups excluding carboxylic acids is 1. The Morgan fingerprint density at radius 3 is 2.34 bits per heavy atom. The van der Waals surface area contributed by atoms with Crippen molar-refractivity contribution in [2.45, 2.75) is 25.6 Å². The summed E-state index contributed by atoms with van der Waals surface area (Å²) in [5.74, 6) is -1.60. The van der Waals surface area contributed by atoms with E-state index in [0.717, 1.165) is 34.3 Å². The van der Waals surface area contributed by atoms with E-state index >= 15 is 0 Å². The lowest BCUT2D eigenvalue weighted by Gasteiger charge is -2.15. The van der Waals surface area contributed by atoms with Crippen molar-refractivity contribution in [1.82, 2.24) is 20.3 Å². The first-order valence-corrected chi connectivity index (χ1v) is 9.28. The summed E-state index contributed by atoms with van der Waals surface area (Å²) in [6.07, 6.45) is -4.47. The second-order valence-corrected chi connectivity index (χ2v) is 7.29. The smallest absolute Gasteiger partial charge is 0.348 e. The number of benzene rings is 2. The number of amides is 1. The van der Waals surface area contributed by atoms with Crippen LogP contribution in [0.4, 0.5) is 17.6 Å². The summed E-state index contributed by atoms with van der Waals surface area (Å²) in [5, 5.41) is 9.42. The average Bonchev–Trinajstić information content (AvgIpc) is 3.10. The molecule has 1 amide bonds. The van der Waals surface area contributed by atoms with E-state index in [0.29, 0.717) is 11.1 Å². The van der Waals surface area contributed by atoms with E-state index in [1.165, 1.54) is 0 Å². The highest BCUT2D eigenvalue weighted by Gasteiger charge is 2.42. The molecule has 0 saturated carbocycles. The van der Waals surface area contributed by atoms with Gasteiger partial charge < -0.3 is 5.32 Å². The summed E-state index contributed by atoms with van der Waals surface area (Å²) < 4.78 is 55.3. The third kappa shape index (κ3) is 5.00. The van der Waals surface area contributed by atoms with Crippen LogP contribution in [0.2, 0.25) is 0 Å². The molecular weight excluding hydrogens is 456 g/mol. The molecule has 1 atom stereocenters. The summed E-state index contributed by atoms with van der Waals surface area (Å²) in [5.41, 5.74) is -1.32. The Labute approximate surface area is 171 Å². The molecule has 0 aliphatic rings. The Bertz CT molecular complexity index is 1000. The topological polar surface area (TPSA) is 59.8 Å². The van der Waals surface area contributed by atoms with Crippen molar-refractivity contribution in [3.8, 4) is 5.69 Å². The van der Waals surface area contributed by atoms with Crippen LogP contribution in [0.1, 0.15) is 28.7 Å². The summed E-state index contributed by atoms with van der Waals surface area (Å²) in [6.45, 7) is 1.68. The van der Waals surface area contributed by atoms with Crippen LogP contribution < -0.4 is 5.32 Å². The summed E-state index contributed by atoms with van der Waals surface area (Å²) in [4.78, 5) is 12.5. The molecule has 0 spiro atoms. The first kappa shape index (κ1) is 21.0. The van der Waals surface area contributed by atoms with Crippen LogP contribution in [-0.4, -0.2) is 26.9 Å². The minimum absolute atomic E-state index is 0.0619. The quantitative estimate of drug-likeness (QED) is 0.556. The molecular formula is C19H15BrF4N4O. The van der Waals surface area contributed by atoms with Gasteiger partial charge in [-0.3, -0.25) is 4.79 Å². The van der Waals surface area contributed by atoms with Crippen molar-refractivity contribution in [1.29, 1.82) is 0 Å². The van der Waals surface area contributed by atoms with E-state index in [9.17, 15) is 22.4 Å². The molecule has 0 saturated heterocycles. The number of halogens is 5. The number of aromatic nitrogens is 3. The molecule has 0 fully saturated rings. The highest BCUT2D eigenvalue weighted by molar-refractivity contribution is 9.10. The predicted octanol–water partition coefficient (Wildman–Crippen LogP) is 4.55. The van der Waals surface area contributed by atoms with Gasteiger partial charge in [0.05, 0.1) is 5.69 Å². The van der Waals surface area contributed by atoms with Crippen molar-refractivity contribution in [2.24, 2.45) is 0 Å². The van der Waals surface area contributed by atoms with Gasteiger partial charge in [0, 0.05) is 10.5 Å². The van der Waals surface area contributed by atoms with Gasteiger partial charge in [0.1, 0.15) is 5.82 Å². The van der Waals surface area contributed by atoms with Crippen molar-refractivity contribution < 1.29 is 22.4 Å². The number of alkyl halides is 3. The number of nitrogens with one attached hydrogen (secondary N) is 1. The van der Waals surface area contributed by atoms with Gasteiger partial charge in [-0.2, -0.15) is 13.2 Å². The zero-order chi connectivity index (χ0) is 21.2. The van der Waals surface area contributed by atoms with Gasteiger partial charge in [-0.1, -0.05) is 33.3 Å². The maximum atomic E-state index is 13.6. The highest BCUT2D eigenvalue weighted by atomic mass is 79.9. The van der Waals surface area contributed by atoms with Gasteiger partial charge in [0.25, 0.3) is 5.91 Å². The van der Waals surface area contributed by atoms with Crippen LogP contribution in [0.25, 0.3) is 5.69 Å². The zero-order valence-electron chi connectivity index (χ0n) is 15.0. The largest absolute Gasteiger partial charge is 0.435 e. The van der Waals surface area contributed by atoms with Gasteiger partial charge in [-0.15, -0.1) is 5.10 Å². The lowest BCUT2D eigenvalue weighted by molar-refractivity contribution is -0.143. The van der Waals surface area contributed by atoms with Crippen LogP contribution in [0.5, 0.6) is 0 Å². The van der Waals surface area contributed by atoms with Crippen LogP contribution in [0.3, 0.4) is 0 Å². The highest BCUT2D eigenvalue weighted by Crippen LogP contribution is 2.32. The van der Waals surface area contributed by atoms with Crippen LogP contribution in [0.15, 0.2) is 53.0 Å². The van der Waals surface area contributed by atoms with Crippen molar-refractivity contribution in [2.75, 3.05) is 0 Å². The van der Waals surface area contributed by atoms with E-state index in [4.69, 9.17) is 0 Å². The molecule has 0 bridgehead atoms. The number of hydrogen-bond acceptors (Lipinski definition) is 3. The normalized spacial score (nSPS) is 12.6. The van der Waals surface area contributed by atoms with Crippen molar-refractivity contribution in [3.63, 3.8) is 0 Å². The van der Waals surface area contributed by atoms with Gasteiger partial charge in [0.2, 0.25) is 0 Å².